The molecule has 0 spiro atoms. The van der Waals surface area contributed by atoms with Crippen molar-refractivity contribution in [2.45, 2.75) is 19.0 Å². The number of ether oxygens (including phenoxy) is 2. The molecular formula is C6H12O2S. The normalized spacial score (nSPS) is 21.0. The summed E-state index contributed by atoms with van der Waals surface area (Å²) >= 11 is 1.74. The van der Waals surface area contributed by atoms with Crippen LogP contribution < -0.4 is 0 Å². The van der Waals surface area contributed by atoms with Crippen molar-refractivity contribution in [2.75, 3.05) is 19.0 Å². The van der Waals surface area contributed by atoms with Crippen LogP contribution in [0.25, 0.3) is 0 Å². The summed E-state index contributed by atoms with van der Waals surface area (Å²) in [5.41, 5.74) is 0.0324. The second-order valence-electron chi connectivity index (χ2n) is 1.90. The first kappa shape index (κ1) is 7.38. The summed E-state index contributed by atoms with van der Waals surface area (Å²) in [6.45, 7) is 3.69. The third-order valence-electron chi connectivity index (χ3n) is 1.05. The van der Waals surface area contributed by atoms with Crippen LogP contribution in [0, 0.1) is 0 Å². The summed E-state index contributed by atoms with van der Waals surface area (Å²) in [5.74, 6) is 1.13. The Kier molecular flexibility index (Phi) is 3.40. The molecule has 1 saturated heterocycles. The Morgan fingerprint density at radius 3 is 2.67 bits per heavy atom. The van der Waals surface area contributed by atoms with Gasteiger partial charge in [0, 0.05) is 0 Å². The highest BCUT2D eigenvalue weighted by Gasteiger charge is 2.14. The Bertz CT molecular complexity index is 71.5. The van der Waals surface area contributed by atoms with Crippen LogP contribution in [0.1, 0.15) is 13.3 Å². The topological polar surface area (TPSA) is 18.5 Å². The molecule has 54 valence electrons. The largest absolute Gasteiger partial charge is 0.341 e. The lowest BCUT2D eigenvalue weighted by Gasteiger charge is -2.05. The van der Waals surface area contributed by atoms with E-state index in [1.54, 1.807) is 11.8 Å². The van der Waals surface area contributed by atoms with Gasteiger partial charge in [-0.15, -0.1) is 11.8 Å². The van der Waals surface area contributed by atoms with E-state index < -0.39 is 0 Å². The van der Waals surface area contributed by atoms with Crippen LogP contribution in [0.5, 0.6) is 0 Å². The molecule has 1 aliphatic heterocycles. The van der Waals surface area contributed by atoms with E-state index in [0.717, 1.165) is 19.0 Å². The van der Waals surface area contributed by atoms with Gasteiger partial charge in [0.1, 0.15) is 0 Å². The van der Waals surface area contributed by atoms with E-state index in [9.17, 15) is 0 Å². The molecule has 0 aliphatic carbocycles. The molecule has 1 fully saturated rings. The average Bonchev–Trinajstić information content (AvgIpc) is 2.34. The van der Waals surface area contributed by atoms with Gasteiger partial charge in [0.25, 0.3) is 0 Å². The summed E-state index contributed by atoms with van der Waals surface area (Å²) in [4.78, 5) is 0. The molecule has 9 heavy (non-hydrogen) atoms. The highest BCUT2D eigenvalue weighted by molar-refractivity contribution is 7.99. The maximum Gasteiger partial charge on any atom is 0.207 e. The summed E-state index contributed by atoms with van der Waals surface area (Å²) in [7, 11) is 0. The SMILES string of the molecule is CCCSC1OCCO1. The van der Waals surface area contributed by atoms with Crippen molar-refractivity contribution in [3.05, 3.63) is 0 Å². The fourth-order valence-corrected chi connectivity index (χ4v) is 1.46. The third kappa shape index (κ3) is 2.56. The lowest BCUT2D eigenvalue weighted by molar-refractivity contribution is 0.0346. The Balaban J connectivity index is 1.98. The molecule has 0 amide bonds. The molecule has 0 aromatic heterocycles. The van der Waals surface area contributed by atoms with Gasteiger partial charge in [0.15, 0.2) is 0 Å². The predicted octanol–water partition coefficient (Wildman–Crippen LogP) is 1.46. The molecule has 3 heteroatoms. The van der Waals surface area contributed by atoms with E-state index in [1.807, 2.05) is 0 Å². The van der Waals surface area contributed by atoms with E-state index >= 15 is 0 Å². The Hall–Kier alpha value is 0.270. The molecule has 0 N–H and O–H groups in total. The molecule has 0 radical (unpaired) electrons. The van der Waals surface area contributed by atoms with Crippen LogP contribution in [-0.2, 0) is 9.47 Å². The van der Waals surface area contributed by atoms with Crippen molar-refractivity contribution < 1.29 is 9.47 Å². The van der Waals surface area contributed by atoms with E-state index in [-0.39, 0.29) is 5.62 Å². The van der Waals surface area contributed by atoms with Gasteiger partial charge in [-0.1, -0.05) is 6.92 Å². The summed E-state index contributed by atoms with van der Waals surface area (Å²) < 4.78 is 10.4. The van der Waals surface area contributed by atoms with Crippen LogP contribution in [0.2, 0.25) is 0 Å². The highest BCUT2D eigenvalue weighted by Crippen LogP contribution is 2.18. The zero-order chi connectivity index (χ0) is 6.53. The van der Waals surface area contributed by atoms with Gasteiger partial charge < -0.3 is 9.47 Å². The number of hydrogen-bond acceptors (Lipinski definition) is 3. The van der Waals surface area contributed by atoms with Crippen molar-refractivity contribution in [1.82, 2.24) is 0 Å². The number of thioether (sulfide) groups is 1. The first-order chi connectivity index (χ1) is 4.43. The van der Waals surface area contributed by atoms with Crippen molar-refractivity contribution >= 4 is 11.8 Å². The van der Waals surface area contributed by atoms with Crippen LogP contribution in [-0.4, -0.2) is 24.6 Å². The second kappa shape index (κ2) is 4.14. The van der Waals surface area contributed by atoms with Crippen LogP contribution >= 0.6 is 11.8 Å². The zero-order valence-electron chi connectivity index (χ0n) is 5.63. The molecule has 0 unspecified atom stereocenters. The van der Waals surface area contributed by atoms with Gasteiger partial charge in [-0.25, -0.2) is 0 Å². The molecule has 1 heterocycles. The summed E-state index contributed by atoms with van der Waals surface area (Å²) in [5, 5.41) is 0. The van der Waals surface area contributed by atoms with Crippen LogP contribution in [0.15, 0.2) is 0 Å². The molecule has 0 bridgehead atoms. The average molecular weight is 148 g/mol. The summed E-state index contributed by atoms with van der Waals surface area (Å²) in [6, 6.07) is 0. The van der Waals surface area contributed by atoms with E-state index in [1.165, 1.54) is 6.42 Å². The Morgan fingerprint density at radius 2 is 2.11 bits per heavy atom. The van der Waals surface area contributed by atoms with Crippen molar-refractivity contribution in [3.8, 4) is 0 Å². The first-order valence-electron chi connectivity index (χ1n) is 3.28. The van der Waals surface area contributed by atoms with Crippen molar-refractivity contribution in [1.29, 1.82) is 0 Å². The van der Waals surface area contributed by atoms with Gasteiger partial charge >= 0.3 is 0 Å². The molecule has 0 atom stereocenters. The number of rotatable bonds is 3. The van der Waals surface area contributed by atoms with Gasteiger partial charge in [-0.3, -0.25) is 0 Å². The lowest BCUT2D eigenvalue weighted by Crippen LogP contribution is -2.01. The highest BCUT2D eigenvalue weighted by atomic mass is 32.2. The lowest BCUT2D eigenvalue weighted by atomic mass is 10.6. The quantitative estimate of drug-likeness (QED) is 0.603. The van der Waals surface area contributed by atoms with Gasteiger partial charge in [0.2, 0.25) is 5.62 Å². The van der Waals surface area contributed by atoms with E-state index in [2.05, 4.69) is 6.92 Å². The van der Waals surface area contributed by atoms with Gasteiger partial charge in [-0.2, -0.15) is 0 Å². The Morgan fingerprint density at radius 1 is 1.44 bits per heavy atom. The zero-order valence-corrected chi connectivity index (χ0v) is 6.45. The van der Waals surface area contributed by atoms with E-state index in [4.69, 9.17) is 9.47 Å². The molecule has 0 aromatic carbocycles. The molecular weight excluding hydrogens is 136 g/mol. The predicted molar refractivity (Wildman–Crippen MR) is 38.4 cm³/mol. The fourth-order valence-electron chi connectivity index (χ4n) is 0.647. The molecule has 1 aliphatic rings. The maximum absolute atomic E-state index is 5.20. The molecule has 0 aromatic rings. The number of hydrogen-bond donors (Lipinski definition) is 0. The van der Waals surface area contributed by atoms with Crippen LogP contribution in [0.3, 0.4) is 0 Å². The molecule has 2 nitrogen and oxygen atoms in total. The summed E-state index contributed by atoms with van der Waals surface area (Å²) in [6.07, 6.45) is 1.19. The minimum atomic E-state index is 0.0324. The van der Waals surface area contributed by atoms with E-state index in [0.29, 0.717) is 0 Å². The second-order valence-corrected chi connectivity index (χ2v) is 3.03. The monoisotopic (exact) mass is 148 g/mol. The van der Waals surface area contributed by atoms with Crippen LogP contribution in [0.4, 0.5) is 0 Å². The minimum absolute atomic E-state index is 0.0324. The van der Waals surface area contributed by atoms with Crippen molar-refractivity contribution in [2.24, 2.45) is 0 Å². The molecule has 1 rings (SSSR count). The minimum Gasteiger partial charge on any atom is -0.341 e. The first-order valence-corrected chi connectivity index (χ1v) is 4.33. The molecule has 0 saturated carbocycles. The Labute approximate surface area is 59.9 Å². The van der Waals surface area contributed by atoms with Crippen molar-refractivity contribution in [3.63, 3.8) is 0 Å². The standard InChI is InChI=1S/C6H12O2S/c1-2-5-9-6-7-3-4-8-6/h6H,2-5H2,1H3. The maximum atomic E-state index is 5.20. The fraction of sp³-hybridized carbons (Fsp3) is 1.00. The van der Waals surface area contributed by atoms with Gasteiger partial charge in [0.05, 0.1) is 13.2 Å². The van der Waals surface area contributed by atoms with Gasteiger partial charge in [-0.05, 0) is 12.2 Å². The third-order valence-corrected chi connectivity index (χ3v) is 2.24. The smallest absolute Gasteiger partial charge is 0.207 e.